The minimum atomic E-state index is -0.375. The number of hydrogen-bond acceptors (Lipinski definition) is 2. The third-order valence-electron chi connectivity index (χ3n) is 4.00. The molecule has 1 aromatic rings. The third-order valence-corrected chi connectivity index (χ3v) is 4.31. The molecule has 0 radical (unpaired) electrons. The summed E-state index contributed by atoms with van der Waals surface area (Å²) in [5, 5.41) is 0.159. The van der Waals surface area contributed by atoms with Gasteiger partial charge in [0.2, 0.25) is 0 Å². The van der Waals surface area contributed by atoms with Crippen molar-refractivity contribution in [3.05, 3.63) is 34.6 Å². The van der Waals surface area contributed by atoms with Crippen molar-refractivity contribution in [1.82, 2.24) is 0 Å². The van der Waals surface area contributed by atoms with E-state index >= 15 is 0 Å². The fraction of sp³-hybridized carbons (Fsp3) is 0.571. The Balaban J connectivity index is 1.79. The van der Waals surface area contributed by atoms with E-state index in [0.29, 0.717) is 18.9 Å². The number of benzene rings is 1. The van der Waals surface area contributed by atoms with Crippen LogP contribution in [0.5, 0.6) is 0 Å². The lowest BCUT2D eigenvalue weighted by molar-refractivity contribution is 0.0626. The molecule has 2 atom stereocenters. The summed E-state index contributed by atoms with van der Waals surface area (Å²) in [5.41, 5.74) is 7.04. The lowest BCUT2D eigenvalue weighted by Gasteiger charge is -2.30. The van der Waals surface area contributed by atoms with E-state index in [1.54, 1.807) is 6.07 Å². The average molecular weight is 270 g/mol. The summed E-state index contributed by atoms with van der Waals surface area (Å²) in [6, 6.07) is 4.93. The fourth-order valence-electron chi connectivity index (χ4n) is 2.91. The van der Waals surface area contributed by atoms with E-state index in [-0.39, 0.29) is 22.5 Å². The Morgan fingerprint density at radius 2 is 2.22 bits per heavy atom. The first-order chi connectivity index (χ1) is 8.58. The molecule has 0 spiro atoms. The van der Waals surface area contributed by atoms with E-state index in [0.717, 1.165) is 12.0 Å². The summed E-state index contributed by atoms with van der Waals surface area (Å²) < 4.78 is 19.2. The number of halogens is 2. The van der Waals surface area contributed by atoms with Crippen molar-refractivity contribution in [2.24, 2.45) is 11.7 Å². The predicted molar refractivity (Wildman–Crippen MR) is 69.1 cm³/mol. The molecule has 2 aliphatic rings. The summed E-state index contributed by atoms with van der Waals surface area (Å²) in [4.78, 5) is 0. The zero-order valence-corrected chi connectivity index (χ0v) is 10.9. The Morgan fingerprint density at radius 1 is 1.44 bits per heavy atom. The normalized spacial score (nSPS) is 31.8. The molecule has 1 aliphatic carbocycles. The summed E-state index contributed by atoms with van der Waals surface area (Å²) in [6.45, 7) is 0.716. The van der Waals surface area contributed by atoms with Crippen LogP contribution >= 0.6 is 11.6 Å². The predicted octanol–water partition coefficient (Wildman–Crippen LogP) is 2.92. The van der Waals surface area contributed by atoms with Crippen LogP contribution in [-0.2, 0) is 11.2 Å². The molecule has 2 nitrogen and oxygen atoms in total. The van der Waals surface area contributed by atoms with Crippen molar-refractivity contribution in [2.45, 2.75) is 37.3 Å². The second-order valence-corrected chi connectivity index (χ2v) is 5.94. The van der Waals surface area contributed by atoms with E-state index in [1.165, 1.54) is 18.9 Å². The number of hydrogen-bond donors (Lipinski definition) is 1. The van der Waals surface area contributed by atoms with Crippen LogP contribution in [0.3, 0.4) is 0 Å². The molecule has 4 heteroatoms. The van der Waals surface area contributed by atoms with Gasteiger partial charge < -0.3 is 10.5 Å². The van der Waals surface area contributed by atoms with Crippen LogP contribution in [0.1, 0.15) is 24.8 Å². The Hall–Kier alpha value is -0.640. The van der Waals surface area contributed by atoms with Crippen molar-refractivity contribution >= 4 is 11.6 Å². The second kappa shape index (κ2) is 4.48. The molecule has 0 bridgehead atoms. The molecule has 0 amide bonds. The van der Waals surface area contributed by atoms with Gasteiger partial charge in [0.15, 0.2) is 0 Å². The molecular formula is C14H17ClFNO. The molecule has 2 N–H and O–H groups in total. The number of nitrogens with two attached hydrogens (primary N) is 1. The first-order valence-corrected chi connectivity index (χ1v) is 6.81. The highest BCUT2D eigenvalue weighted by Gasteiger charge is 2.48. The maximum Gasteiger partial charge on any atom is 0.142 e. The maximum absolute atomic E-state index is 13.4. The van der Waals surface area contributed by atoms with Gasteiger partial charge in [-0.1, -0.05) is 17.7 Å². The quantitative estimate of drug-likeness (QED) is 0.916. The average Bonchev–Trinajstić information content (AvgIpc) is 3.08. The van der Waals surface area contributed by atoms with E-state index < -0.39 is 0 Å². The Kier molecular flexibility index (Phi) is 3.08. The Bertz CT molecular complexity index is 463. The van der Waals surface area contributed by atoms with Gasteiger partial charge in [0, 0.05) is 12.1 Å². The van der Waals surface area contributed by atoms with Gasteiger partial charge >= 0.3 is 0 Å². The largest absolute Gasteiger partial charge is 0.376 e. The smallest absolute Gasteiger partial charge is 0.142 e. The Morgan fingerprint density at radius 3 is 2.89 bits per heavy atom. The molecule has 1 aromatic carbocycles. The van der Waals surface area contributed by atoms with E-state index in [4.69, 9.17) is 22.1 Å². The van der Waals surface area contributed by atoms with Crippen molar-refractivity contribution in [2.75, 3.05) is 6.61 Å². The number of ether oxygens (including phenoxy) is 1. The second-order valence-electron chi connectivity index (χ2n) is 5.54. The summed E-state index contributed by atoms with van der Waals surface area (Å²) in [5.74, 6) is 0.231. The SMILES string of the molecule is NC1(Cc2ccc(Cl)c(F)c2)CCOC1C1CC1. The molecule has 1 saturated carbocycles. The molecule has 1 aliphatic heterocycles. The van der Waals surface area contributed by atoms with Crippen LogP contribution in [0.25, 0.3) is 0 Å². The van der Waals surface area contributed by atoms with Gasteiger partial charge in [-0.3, -0.25) is 0 Å². The lowest BCUT2D eigenvalue weighted by Crippen LogP contribution is -2.50. The van der Waals surface area contributed by atoms with Gasteiger partial charge in [-0.15, -0.1) is 0 Å². The molecule has 98 valence electrons. The first kappa shape index (κ1) is 12.4. The molecule has 18 heavy (non-hydrogen) atoms. The van der Waals surface area contributed by atoms with Gasteiger partial charge in [0.1, 0.15) is 5.82 Å². The van der Waals surface area contributed by atoms with Gasteiger partial charge in [0.25, 0.3) is 0 Å². The fourth-order valence-corrected chi connectivity index (χ4v) is 3.02. The lowest BCUT2D eigenvalue weighted by atomic mass is 9.83. The van der Waals surface area contributed by atoms with Crippen molar-refractivity contribution in [3.8, 4) is 0 Å². The van der Waals surface area contributed by atoms with Crippen LogP contribution in [-0.4, -0.2) is 18.2 Å². The molecule has 2 unspecified atom stereocenters. The molecule has 1 saturated heterocycles. The molecule has 1 heterocycles. The zero-order chi connectivity index (χ0) is 12.8. The van der Waals surface area contributed by atoms with Gasteiger partial charge in [-0.05, 0) is 49.3 Å². The van der Waals surface area contributed by atoms with Crippen LogP contribution in [0.15, 0.2) is 18.2 Å². The highest BCUT2D eigenvalue weighted by Crippen LogP contribution is 2.43. The molecule has 3 rings (SSSR count). The highest BCUT2D eigenvalue weighted by molar-refractivity contribution is 6.30. The topological polar surface area (TPSA) is 35.2 Å². The van der Waals surface area contributed by atoms with Crippen molar-refractivity contribution < 1.29 is 9.13 Å². The van der Waals surface area contributed by atoms with Gasteiger partial charge in [-0.2, -0.15) is 0 Å². The maximum atomic E-state index is 13.4. The summed E-state index contributed by atoms with van der Waals surface area (Å²) in [7, 11) is 0. The summed E-state index contributed by atoms with van der Waals surface area (Å²) in [6.07, 6.45) is 4.05. The highest BCUT2D eigenvalue weighted by atomic mass is 35.5. The van der Waals surface area contributed by atoms with Gasteiger partial charge in [-0.25, -0.2) is 4.39 Å². The van der Waals surface area contributed by atoms with Crippen LogP contribution in [0.4, 0.5) is 4.39 Å². The van der Waals surface area contributed by atoms with Crippen LogP contribution in [0.2, 0.25) is 5.02 Å². The van der Waals surface area contributed by atoms with E-state index in [2.05, 4.69) is 0 Å². The van der Waals surface area contributed by atoms with Crippen LogP contribution < -0.4 is 5.73 Å². The molecule has 2 fully saturated rings. The summed E-state index contributed by atoms with van der Waals surface area (Å²) >= 11 is 5.69. The third kappa shape index (κ3) is 2.27. The Labute approximate surface area is 111 Å². The van der Waals surface area contributed by atoms with E-state index in [1.807, 2.05) is 6.07 Å². The minimum absolute atomic E-state index is 0.135. The monoisotopic (exact) mass is 269 g/mol. The standard InChI is InChI=1S/C14H17ClFNO/c15-11-4-1-9(7-12(11)16)8-14(17)5-6-18-13(14)10-2-3-10/h1,4,7,10,13H,2-3,5-6,8,17H2. The molecular weight excluding hydrogens is 253 g/mol. The van der Waals surface area contributed by atoms with Crippen LogP contribution in [0, 0.1) is 11.7 Å². The number of rotatable bonds is 3. The van der Waals surface area contributed by atoms with Crippen molar-refractivity contribution in [1.29, 1.82) is 0 Å². The van der Waals surface area contributed by atoms with E-state index in [9.17, 15) is 4.39 Å². The first-order valence-electron chi connectivity index (χ1n) is 6.43. The minimum Gasteiger partial charge on any atom is -0.376 e. The zero-order valence-electron chi connectivity index (χ0n) is 10.2. The van der Waals surface area contributed by atoms with Crippen molar-refractivity contribution in [3.63, 3.8) is 0 Å². The molecule has 0 aromatic heterocycles. The van der Waals surface area contributed by atoms with Gasteiger partial charge in [0.05, 0.1) is 11.1 Å².